The van der Waals surface area contributed by atoms with E-state index in [0.717, 1.165) is 17.7 Å². The Kier molecular flexibility index (Phi) is 3.90. The number of hydrogen-bond acceptors (Lipinski definition) is 3. The Balaban J connectivity index is 1.64. The Morgan fingerprint density at radius 2 is 2.10 bits per heavy atom. The minimum absolute atomic E-state index is 0.0143. The highest BCUT2D eigenvalue weighted by Crippen LogP contribution is 2.26. The normalized spacial score (nSPS) is 16.9. The molecular weight excluding hydrogens is 250 g/mol. The van der Waals surface area contributed by atoms with E-state index in [1.54, 1.807) is 6.26 Å². The molecule has 1 aromatic heterocycles. The lowest BCUT2D eigenvalue weighted by Gasteiger charge is -2.21. The third kappa shape index (κ3) is 2.79. The molecule has 0 saturated carbocycles. The highest BCUT2D eigenvalue weighted by molar-refractivity contribution is 5.36. The average molecular weight is 271 g/mol. The van der Waals surface area contributed by atoms with Gasteiger partial charge in [-0.25, -0.2) is 0 Å². The van der Waals surface area contributed by atoms with Gasteiger partial charge < -0.3 is 14.8 Å². The van der Waals surface area contributed by atoms with Crippen LogP contribution in [0.1, 0.15) is 41.9 Å². The molecule has 1 aliphatic rings. The van der Waals surface area contributed by atoms with E-state index >= 15 is 0 Å². The van der Waals surface area contributed by atoms with E-state index in [9.17, 15) is 5.11 Å². The van der Waals surface area contributed by atoms with Gasteiger partial charge in [0.05, 0.1) is 18.9 Å². The van der Waals surface area contributed by atoms with Crippen molar-refractivity contribution in [2.24, 2.45) is 0 Å². The SMILES string of the molecule is CC(NCc1ccco1)C(O)c1ccc2c(c1)CCC2. The fourth-order valence-electron chi connectivity index (χ4n) is 2.85. The maximum absolute atomic E-state index is 10.5. The van der Waals surface area contributed by atoms with Crippen molar-refractivity contribution >= 4 is 0 Å². The minimum atomic E-state index is -0.490. The van der Waals surface area contributed by atoms with Gasteiger partial charge in [-0.05, 0) is 55.0 Å². The van der Waals surface area contributed by atoms with Crippen LogP contribution in [0.25, 0.3) is 0 Å². The first-order valence-corrected chi connectivity index (χ1v) is 7.29. The lowest BCUT2D eigenvalue weighted by Crippen LogP contribution is -2.31. The van der Waals surface area contributed by atoms with Crippen molar-refractivity contribution in [2.45, 2.75) is 44.9 Å². The Bertz CT molecular complexity index is 562. The van der Waals surface area contributed by atoms with Crippen molar-refractivity contribution in [3.8, 4) is 0 Å². The van der Waals surface area contributed by atoms with Crippen LogP contribution >= 0.6 is 0 Å². The molecule has 0 fully saturated rings. The van der Waals surface area contributed by atoms with Crippen LogP contribution < -0.4 is 5.32 Å². The van der Waals surface area contributed by atoms with Crippen molar-refractivity contribution in [1.82, 2.24) is 5.32 Å². The Hall–Kier alpha value is -1.58. The molecule has 0 spiro atoms. The number of benzene rings is 1. The van der Waals surface area contributed by atoms with Gasteiger partial charge in [0.25, 0.3) is 0 Å². The summed E-state index contributed by atoms with van der Waals surface area (Å²) in [6.45, 7) is 2.64. The van der Waals surface area contributed by atoms with Gasteiger partial charge in [0.15, 0.2) is 0 Å². The molecule has 0 radical (unpaired) electrons. The van der Waals surface area contributed by atoms with Crippen LogP contribution in [0, 0.1) is 0 Å². The van der Waals surface area contributed by atoms with Crippen LogP contribution in [-0.2, 0) is 19.4 Å². The summed E-state index contributed by atoms with van der Waals surface area (Å²) in [6, 6.07) is 10.2. The third-order valence-electron chi connectivity index (χ3n) is 4.12. The largest absolute Gasteiger partial charge is 0.468 e. The number of rotatable bonds is 5. The van der Waals surface area contributed by atoms with E-state index in [-0.39, 0.29) is 6.04 Å². The number of hydrogen-bond donors (Lipinski definition) is 2. The molecule has 20 heavy (non-hydrogen) atoms. The van der Waals surface area contributed by atoms with E-state index in [2.05, 4.69) is 23.5 Å². The van der Waals surface area contributed by atoms with Gasteiger partial charge in [0.1, 0.15) is 5.76 Å². The van der Waals surface area contributed by atoms with Crippen LogP contribution in [-0.4, -0.2) is 11.1 Å². The minimum Gasteiger partial charge on any atom is -0.468 e. The summed E-state index contributed by atoms with van der Waals surface area (Å²) in [5, 5.41) is 13.8. The quantitative estimate of drug-likeness (QED) is 0.878. The van der Waals surface area contributed by atoms with Crippen molar-refractivity contribution in [2.75, 3.05) is 0 Å². The molecule has 2 aromatic rings. The maximum atomic E-state index is 10.5. The molecule has 2 atom stereocenters. The predicted octanol–water partition coefficient (Wildman–Crippen LogP) is 2.98. The zero-order valence-electron chi connectivity index (χ0n) is 11.8. The van der Waals surface area contributed by atoms with Crippen LogP contribution in [0.2, 0.25) is 0 Å². The van der Waals surface area contributed by atoms with Gasteiger partial charge in [0, 0.05) is 6.04 Å². The van der Waals surface area contributed by atoms with Crippen molar-refractivity contribution in [3.63, 3.8) is 0 Å². The highest BCUT2D eigenvalue weighted by Gasteiger charge is 2.19. The van der Waals surface area contributed by atoms with Crippen LogP contribution in [0.5, 0.6) is 0 Å². The predicted molar refractivity (Wildman–Crippen MR) is 78.4 cm³/mol. The molecular formula is C17H21NO2. The van der Waals surface area contributed by atoms with E-state index < -0.39 is 6.10 Å². The zero-order valence-corrected chi connectivity index (χ0v) is 11.8. The van der Waals surface area contributed by atoms with Gasteiger partial charge in [-0.2, -0.15) is 0 Å². The number of furan rings is 1. The second kappa shape index (κ2) is 5.81. The molecule has 0 saturated heterocycles. The second-order valence-electron chi connectivity index (χ2n) is 5.58. The molecule has 3 heteroatoms. The van der Waals surface area contributed by atoms with Crippen LogP contribution in [0.4, 0.5) is 0 Å². The molecule has 2 N–H and O–H groups in total. The molecule has 1 heterocycles. The molecule has 0 amide bonds. The topological polar surface area (TPSA) is 45.4 Å². The summed E-state index contributed by atoms with van der Waals surface area (Å²) < 4.78 is 5.29. The number of aryl methyl sites for hydroxylation is 2. The Labute approximate surface area is 119 Å². The lowest BCUT2D eigenvalue weighted by atomic mass is 9.99. The first kappa shape index (κ1) is 13.4. The van der Waals surface area contributed by atoms with E-state index in [0.29, 0.717) is 6.54 Å². The van der Waals surface area contributed by atoms with Crippen molar-refractivity contribution in [3.05, 3.63) is 59.0 Å². The van der Waals surface area contributed by atoms with E-state index in [4.69, 9.17) is 4.42 Å². The number of aliphatic hydroxyl groups is 1. The molecule has 0 aliphatic heterocycles. The molecule has 3 nitrogen and oxygen atoms in total. The van der Waals surface area contributed by atoms with Gasteiger partial charge in [-0.3, -0.25) is 0 Å². The molecule has 1 aliphatic carbocycles. The number of aliphatic hydroxyl groups excluding tert-OH is 1. The Morgan fingerprint density at radius 3 is 2.90 bits per heavy atom. The van der Waals surface area contributed by atoms with Crippen LogP contribution in [0.3, 0.4) is 0 Å². The third-order valence-corrected chi connectivity index (χ3v) is 4.12. The molecule has 2 unspecified atom stereocenters. The summed E-state index contributed by atoms with van der Waals surface area (Å²) in [5.74, 6) is 0.887. The lowest BCUT2D eigenvalue weighted by molar-refractivity contribution is 0.134. The highest BCUT2D eigenvalue weighted by atomic mass is 16.3. The maximum Gasteiger partial charge on any atom is 0.117 e. The molecule has 1 aromatic carbocycles. The first-order chi connectivity index (χ1) is 9.74. The fourth-order valence-corrected chi connectivity index (χ4v) is 2.85. The number of nitrogens with one attached hydrogen (secondary N) is 1. The molecule has 3 rings (SSSR count). The standard InChI is InChI=1S/C17H21NO2/c1-12(18-11-16-6-3-9-20-16)17(19)15-8-7-13-4-2-5-14(13)10-15/h3,6-10,12,17-19H,2,4-5,11H2,1H3. The summed E-state index contributed by atoms with van der Waals surface area (Å²) >= 11 is 0. The summed E-state index contributed by atoms with van der Waals surface area (Å²) in [6.07, 6.45) is 4.73. The van der Waals surface area contributed by atoms with Crippen molar-refractivity contribution < 1.29 is 9.52 Å². The summed E-state index contributed by atoms with van der Waals surface area (Å²) in [7, 11) is 0. The smallest absolute Gasteiger partial charge is 0.117 e. The van der Waals surface area contributed by atoms with E-state index in [1.165, 1.54) is 24.0 Å². The first-order valence-electron chi connectivity index (χ1n) is 7.29. The van der Waals surface area contributed by atoms with Crippen molar-refractivity contribution in [1.29, 1.82) is 0 Å². The second-order valence-corrected chi connectivity index (χ2v) is 5.58. The van der Waals surface area contributed by atoms with Gasteiger partial charge in [-0.1, -0.05) is 18.2 Å². The fraction of sp³-hybridized carbons (Fsp3) is 0.412. The van der Waals surface area contributed by atoms with Gasteiger partial charge >= 0.3 is 0 Å². The summed E-state index contributed by atoms with van der Waals surface area (Å²) in [5.41, 5.74) is 3.85. The van der Waals surface area contributed by atoms with Gasteiger partial charge in [0.2, 0.25) is 0 Å². The Morgan fingerprint density at radius 1 is 1.25 bits per heavy atom. The van der Waals surface area contributed by atoms with Crippen LogP contribution in [0.15, 0.2) is 41.0 Å². The average Bonchev–Trinajstić information content (AvgIpc) is 3.13. The van der Waals surface area contributed by atoms with E-state index in [1.807, 2.05) is 19.1 Å². The molecule has 106 valence electrons. The summed E-state index contributed by atoms with van der Waals surface area (Å²) in [4.78, 5) is 0. The zero-order chi connectivity index (χ0) is 13.9. The number of fused-ring (bicyclic) bond motifs is 1. The van der Waals surface area contributed by atoms with Gasteiger partial charge in [-0.15, -0.1) is 0 Å². The molecule has 0 bridgehead atoms. The monoisotopic (exact) mass is 271 g/mol.